The minimum Gasteiger partial charge on any atom is -0.473 e. The van der Waals surface area contributed by atoms with Crippen LogP contribution in [-0.2, 0) is 16.1 Å². The van der Waals surface area contributed by atoms with Crippen LogP contribution in [0.15, 0.2) is 48.5 Å². The summed E-state index contributed by atoms with van der Waals surface area (Å²) in [6.07, 6.45) is 11.9. The minimum absolute atomic E-state index is 0. The normalized spacial score (nSPS) is 13.4. The van der Waals surface area contributed by atoms with Crippen molar-refractivity contribution in [3.63, 3.8) is 0 Å². The monoisotopic (exact) mass is 820 g/mol. The Kier molecular flexibility index (Phi) is 15.5. The van der Waals surface area contributed by atoms with Crippen molar-refractivity contribution < 1.29 is 54.2 Å². The number of aromatic nitrogens is 1. The zero-order valence-electron chi connectivity index (χ0n) is 23.9. The molecular weight excluding hydrogens is 786 g/mol. The molecule has 4 rings (SSSR count). The van der Waals surface area contributed by atoms with E-state index in [0.717, 1.165) is 74.6 Å². The molecule has 10 heteroatoms. The molecule has 0 unspecified atom stereocenters. The second-order valence-electron chi connectivity index (χ2n) is 9.74. The third-order valence-corrected chi connectivity index (χ3v) is 7.36. The van der Waals surface area contributed by atoms with E-state index in [0.29, 0.717) is 18.1 Å². The van der Waals surface area contributed by atoms with Crippen LogP contribution >= 0.6 is 11.6 Å². The van der Waals surface area contributed by atoms with Gasteiger partial charge in [0.2, 0.25) is 5.88 Å². The number of rotatable bonds is 12. The van der Waals surface area contributed by atoms with Crippen molar-refractivity contribution in [2.24, 2.45) is 0 Å². The average molecular weight is 821 g/mol. The van der Waals surface area contributed by atoms with Crippen LogP contribution in [0.3, 0.4) is 0 Å². The SMILES string of the molecule is C#C.COCCN(CCN1CCC(c2cccc(OCc3c(F)cc(Cl)cc3F)n2)CC1)c1cc([C-]=O)ccc1C.[U]. The molecule has 0 N–H and O–H groups in total. The third kappa shape index (κ3) is 10.1. The number of anilines is 1. The number of piperidine rings is 1. The number of hydrogen-bond acceptors (Lipinski definition) is 6. The van der Waals surface area contributed by atoms with Crippen LogP contribution in [0, 0.1) is 62.5 Å². The molecule has 0 radical (unpaired) electrons. The number of nitrogens with zero attached hydrogens (tertiary/aromatic N) is 3. The van der Waals surface area contributed by atoms with E-state index in [-0.39, 0.29) is 54.2 Å². The van der Waals surface area contributed by atoms with Crippen LogP contribution in [0.4, 0.5) is 14.5 Å². The van der Waals surface area contributed by atoms with Gasteiger partial charge in [-0.1, -0.05) is 23.2 Å². The zero-order valence-corrected chi connectivity index (χ0v) is 28.8. The summed E-state index contributed by atoms with van der Waals surface area (Å²) in [6, 6.07) is 13.3. The Morgan fingerprint density at radius 1 is 1.10 bits per heavy atom. The molecule has 1 aliphatic rings. The van der Waals surface area contributed by atoms with E-state index in [2.05, 4.69) is 27.6 Å². The van der Waals surface area contributed by atoms with Gasteiger partial charge in [0.05, 0.1) is 18.5 Å². The molecule has 1 saturated heterocycles. The number of benzene rings is 2. The quantitative estimate of drug-likeness (QED) is 0.167. The molecule has 2 heterocycles. The number of likely N-dealkylation sites (tertiary alicyclic amines) is 1. The number of halogens is 3. The number of terminal acetylenes is 1. The molecule has 3 aromatic rings. The van der Waals surface area contributed by atoms with Gasteiger partial charge in [-0.25, -0.2) is 13.8 Å². The summed E-state index contributed by atoms with van der Waals surface area (Å²) in [7, 11) is 1.69. The number of pyridine rings is 1. The fraction of sp³-hybridized carbons (Fsp3) is 0.375. The zero-order chi connectivity index (χ0) is 29.8. The van der Waals surface area contributed by atoms with Crippen molar-refractivity contribution in [1.82, 2.24) is 9.88 Å². The maximum absolute atomic E-state index is 14.1. The summed E-state index contributed by atoms with van der Waals surface area (Å²) < 4.78 is 39.1. The first-order chi connectivity index (χ1) is 19.9. The van der Waals surface area contributed by atoms with Crippen molar-refractivity contribution in [2.75, 3.05) is 51.3 Å². The molecule has 0 amide bonds. The first-order valence-corrected chi connectivity index (χ1v) is 13.8. The standard InChI is InChI=1S/C30H33ClF2N3O3.C2H2.U/c1-21-6-7-22(19-37)16-29(21)36(14-15-38-2)13-12-35-10-8-23(9-11-35)28-4-3-5-30(34-28)39-20-25-26(32)17-24(31)18-27(25)33;1-2;/h3-7,16-18,23H,8-15,20H2,1-2H3;1-2H;/q-1;;. The van der Waals surface area contributed by atoms with Crippen LogP contribution in [0.2, 0.25) is 5.02 Å². The van der Waals surface area contributed by atoms with Gasteiger partial charge >= 0.3 is 0 Å². The van der Waals surface area contributed by atoms with E-state index in [1.807, 2.05) is 37.5 Å². The molecule has 1 fully saturated rings. The largest absolute Gasteiger partial charge is 0.473 e. The minimum atomic E-state index is -0.741. The van der Waals surface area contributed by atoms with E-state index < -0.39 is 11.6 Å². The maximum Gasteiger partial charge on any atom is 0.213 e. The molecule has 1 aliphatic heterocycles. The summed E-state index contributed by atoms with van der Waals surface area (Å²) >= 11 is 5.70. The molecule has 42 heavy (non-hydrogen) atoms. The number of methoxy groups -OCH3 is 1. The molecule has 6 nitrogen and oxygen atoms in total. The van der Waals surface area contributed by atoms with Gasteiger partial charge in [-0.05, 0) is 56.7 Å². The van der Waals surface area contributed by atoms with Crippen LogP contribution in [0.25, 0.3) is 0 Å². The number of ether oxygens (including phenoxy) is 2. The Bertz CT molecular complexity index is 1300. The van der Waals surface area contributed by atoms with Gasteiger partial charge in [0.15, 0.2) is 0 Å². The van der Waals surface area contributed by atoms with Crippen LogP contribution in [0.5, 0.6) is 5.88 Å². The second kappa shape index (κ2) is 18.3. The molecule has 222 valence electrons. The van der Waals surface area contributed by atoms with E-state index >= 15 is 0 Å². The molecular formula is C32H35ClF2N3O3U-. The molecule has 0 spiro atoms. The third-order valence-electron chi connectivity index (χ3n) is 7.14. The van der Waals surface area contributed by atoms with Crippen LogP contribution in [0.1, 0.15) is 41.1 Å². The van der Waals surface area contributed by atoms with Crippen LogP contribution < -0.4 is 9.64 Å². The summed E-state index contributed by atoms with van der Waals surface area (Å²) in [5.74, 6) is -0.869. The predicted molar refractivity (Wildman–Crippen MR) is 158 cm³/mol. The first kappa shape index (κ1) is 35.7. The van der Waals surface area contributed by atoms with E-state index in [1.54, 1.807) is 19.2 Å². The van der Waals surface area contributed by atoms with Gasteiger partial charge in [-0.3, -0.25) is 0 Å². The fourth-order valence-electron chi connectivity index (χ4n) is 4.88. The molecule has 0 atom stereocenters. The van der Waals surface area contributed by atoms with Crippen molar-refractivity contribution in [1.29, 1.82) is 0 Å². The number of carbonyl (C=O) groups excluding carboxylic acids is 1. The molecule has 0 aliphatic carbocycles. The summed E-state index contributed by atoms with van der Waals surface area (Å²) in [4.78, 5) is 20.5. The van der Waals surface area contributed by atoms with Crippen molar-refractivity contribution in [3.05, 3.63) is 87.6 Å². The van der Waals surface area contributed by atoms with Gasteiger partial charge in [0.1, 0.15) is 18.2 Å². The molecule has 2 aromatic carbocycles. The smallest absolute Gasteiger partial charge is 0.213 e. The van der Waals surface area contributed by atoms with Crippen LogP contribution in [-0.4, -0.2) is 62.6 Å². The van der Waals surface area contributed by atoms with Crippen molar-refractivity contribution in [3.8, 4) is 18.7 Å². The fourth-order valence-corrected chi connectivity index (χ4v) is 5.07. The Hall–Kier alpha value is -2.46. The second-order valence-corrected chi connectivity index (χ2v) is 10.2. The summed E-state index contributed by atoms with van der Waals surface area (Å²) in [6.45, 7) is 6.67. The van der Waals surface area contributed by atoms with Gasteiger partial charge in [-0.15, -0.1) is 30.5 Å². The van der Waals surface area contributed by atoms with Gasteiger partial charge < -0.3 is 24.1 Å². The first-order valence-electron chi connectivity index (χ1n) is 13.4. The summed E-state index contributed by atoms with van der Waals surface area (Å²) in [5.41, 5.74) is 3.43. The Labute approximate surface area is 276 Å². The Balaban J connectivity index is 0.00000201. The average Bonchev–Trinajstić information content (AvgIpc) is 2.98. The topological polar surface area (TPSA) is 54.9 Å². The summed E-state index contributed by atoms with van der Waals surface area (Å²) in [5, 5.41) is 0.00349. The number of aryl methyl sites for hydroxylation is 1. The Morgan fingerprint density at radius 2 is 1.79 bits per heavy atom. The number of hydrogen-bond donors (Lipinski definition) is 0. The van der Waals surface area contributed by atoms with Crippen molar-refractivity contribution in [2.45, 2.75) is 32.3 Å². The Morgan fingerprint density at radius 3 is 2.43 bits per heavy atom. The molecule has 0 saturated carbocycles. The predicted octanol–water partition coefficient (Wildman–Crippen LogP) is 5.94. The van der Waals surface area contributed by atoms with E-state index in [1.165, 1.54) is 0 Å². The van der Waals surface area contributed by atoms with E-state index in [4.69, 9.17) is 21.1 Å². The van der Waals surface area contributed by atoms with Gasteiger partial charge in [0, 0.05) is 80.6 Å². The van der Waals surface area contributed by atoms with Crippen molar-refractivity contribution >= 4 is 23.6 Å². The molecule has 1 aromatic heterocycles. The van der Waals surface area contributed by atoms with Gasteiger partial charge in [0.25, 0.3) is 0 Å². The molecule has 0 bridgehead atoms. The maximum atomic E-state index is 14.1. The van der Waals surface area contributed by atoms with Gasteiger partial charge in [-0.2, -0.15) is 6.07 Å². The van der Waals surface area contributed by atoms with E-state index in [9.17, 15) is 13.6 Å².